The summed E-state index contributed by atoms with van der Waals surface area (Å²) in [7, 11) is 0. The summed E-state index contributed by atoms with van der Waals surface area (Å²) in [5, 5.41) is 3.21. The van der Waals surface area contributed by atoms with Crippen LogP contribution >= 0.6 is 0 Å². The van der Waals surface area contributed by atoms with Gasteiger partial charge in [0.05, 0.1) is 24.8 Å². The molecule has 0 spiro atoms. The fraction of sp³-hybridized carbons (Fsp3) is 0.368. The summed E-state index contributed by atoms with van der Waals surface area (Å²) in [4.78, 5) is 0. The van der Waals surface area contributed by atoms with Crippen molar-refractivity contribution in [2.45, 2.75) is 24.9 Å². The summed E-state index contributed by atoms with van der Waals surface area (Å²) in [6, 6.07) is 7.96. The Morgan fingerprint density at radius 3 is 2.48 bits per heavy atom. The Morgan fingerprint density at radius 2 is 1.78 bits per heavy atom. The molecule has 3 nitrogen and oxygen atoms in total. The van der Waals surface area contributed by atoms with Crippen LogP contribution in [0, 0.1) is 11.6 Å². The van der Waals surface area contributed by atoms with Crippen LogP contribution in [0.25, 0.3) is 0 Å². The number of hydrogen-bond acceptors (Lipinski definition) is 3. The molecular formula is C19H18F5NO2. The smallest absolute Gasteiger partial charge is 0.350 e. The van der Waals surface area contributed by atoms with Crippen molar-refractivity contribution >= 4 is 0 Å². The summed E-state index contributed by atoms with van der Waals surface area (Å²) >= 11 is 0. The zero-order valence-electron chi connectivity index (χ0n) is 14.2. The number of nitrogens with one attached hydrogen (secondary N) is 1. The quantitative estimate of drug-likeness (QED) is 0.779. The summed E-state index contributed by atoms with van der Waals surface area (Å²) in [6.07, 6.45) is -5.20. The first-order valence-electron chi connectivity index (χ1n) is 8.41. The molecule has 27 heavy (non-hydrogen) atoms. The van der Waals surface area contributed by atoms with Gasteiger partial charge in [0, 0.05) is 6.54 Å². The summed E-state index contributed by atoms with van der Waals surface area (Å²) in [6.45, 7) is 1.03. The number of morpholine rings is 1. The zero-order chi connectivity index (χ0) is 19.4. The van der Waals surface area contributed by atoms with Gasteiger partial charge >= 0.3 is 6.18 Å². The number of ether oxygens (including phenoxy) is 2. The summed E-state index contributed by atoms with van der Waals surface area (Å²) in [5.41, 5.74) is -0.0760. The van der Waals surface area contributed by atoms with Gasteiger partial charge in [0.25, 0.3) is 0 Å². The van der Waals surface area contributed by atoms with Crippen LogP contribution < -0.4 is 5.32 Å². The van der Waals surface area contributed by atoms with Gasteiger partial charge in [0.1, 0.15) is 11.6 Å². The van der Waals surface area contributed by atoms with Gasteiger partial charge < -0.3 is 14.8 Å². The molecule has 0 amide bonds. The molecule has 2 unspecified atom stereocenters. The van der Waals surface area contributed by atoms with Gasteiger partial charge in [0.2, 0.25) is 0 Å². The van der Waals surface area contributed by atoms with Crippen molar-refractivity contribution in [2.24, 2.45) is 0 Å². The van der Waals surface area contributed by atoms with Crippen LogP contribution in [-0.4, -0.2) is 26.0 Å². The number of rotatable bonds is 5. The second-order valence-corrected chi connectivity index (χ2v) is 6.19. The van der Waals surface area contributed by atoms with Crippen LogP contribution in [0.15, 0.2) is 42.5 Å². The highest BCUT2D eigenvalue weighted by Crippen LogP contribution is 2.30. The molecule has 0 bridgehead atoms. The minimum absolute atomic E-state index is 0.0464. The van der Waals surface area contributed by atoms with Crippen LogP contribution in [0.3, 0.4) is 0 Å². The van der Waals surface area contributed by atoms with E-state index in [4.69, 9.17) is 9.47 Å². The van der Waals surface area contributed by atoms with E-state index in [1.54, 1.807) is 12.1 Å². The van der Waals surface area contributed by atoms with E-state index >= 15 is 0 Å². The molecule has 1 N–H and O–H groups in total. The molecule has 0 aromatic heterocycles. The minimum Gasteiger partial charge on any atom is -0.350 e. The average molecular weight is 387 g/mol. The molecule has 2 aromatic carbocycles. The van der Waals surface area contributed by atoms with Crippen LogP contribution in [0.1, 0.15) is 22.7 Å². The number of alkyl halides is 3. The van der Waals surface area contributed by atoms with Crippen molar-refractivity contribution in [3.8, 4) is 0 Å². The first-order chi connectivity index (χ1) is 12.8. The summed E-state index contributed by atoms with van der Waals surface area (Å²) < 4.78 is 76.1. The van der Waals surface area contributed by atoms with E-state index in [1.165, 1.54) is 12.1 Å². The van der Waals surface area contributed by atoms with Gasteiger partial charge in [-0.25, -0.2) is 8.78 Å². The monoisotopic (exact) mass is 387 g/mol. The van der Waals surface area contributed by atoms with E-state index in [0.29, 0.717) is 19.2 Å². The van der Waals surface area contributed by atoms with Crippen LogP contribution in [0.2, 0.25) is 0 Å². The maximum Gasteiger partial charge on any atom is 0.416 e. The molecule has 8 heteroatoms. The van der Waals surface area contributed by atoms with Crippen LogP contribution in [0.4, 0.5) is 22.0 Å². The Hall–Kier alpha value is -2.03. The molecule has 146 valence electrons. The number of benzene rings is 2. The molecule has 0 saturated carbocycles. The standard InChI is InChI=1S/C19H18F5NO2/c20-15-3-1-13(2-4-15)17-18(27-8-6-25-17)26-7-5-12-9-14(19(22,23)24)11-16(21)10-12/h1-4,9-11,17-18,25H,5-8H2. The highest BCUT2D eigenvalue weighted by atomic mass is 19.4. The number of hydrogen-bond donors (Lipinski definition) is 1. The molecule has 2 atom stereocenters. The zero-order valence-corrected chi connectivity index (χ0v) is 14.2. The van der Waals surface area contributed by atoms with E-state index in [9.17, 15) is 22.0 Å². The van der Waals surface area contributed by atoms with E-state index in [0.717, 1.165) is 17.7 Å². The molecule has 1 heterocycles. The van der Waals surface area contributed by atoms with Gasteiger partial charge in [0.15, 0.2) is 6.29 Å². The second kappa shape index (κ2) is 8.33. The maximum absolute atomic E-state index is 13.4. The lowest BCUT2D eigenvalue weighted by Gasteiger charge is -2.33. The Labute approximate surface area is 153 Å². The van der Waals surface area contributed by atoms with Gasteiger partial charge in [-0.2, -0.15) is 13.2 Å². The van der Waals surface area contributed by atoms with Crippen molar-refractivity contribution in [1.82, 2.24) is 5.32 Å². The molecular weight excluding hydrogens is 369 g/mol. The normalized spacial score (nSPS) is 20.6. The molecule has 3 rings (SSSR count). The van der Waals surface area contributed by atoms with E-state index in [1.807, 2.05) is 0 Å². The minimum atomic E-state index is -4.61. The van der Waals surface area contributed by atoms with Gasteiger partial charge in [-0.15, -0.1) is 0 Å². The molecule has 1 fully saturated rings. The van der Waals surface area contributed by atoms with Gasteiger partial charge in [-0.3, -0.25) is 0 Å². The van der Waals surface area contributed by atoms with Crippen molar-refractivity contribution in [2.75, 3.05) is 19.8 Å². The lowest BCUT2D eigenvalue weighted by molar-refractivity contribution is -0.176. The maximum atomic E-state index is 13.4. The highest BCUT2D eigenvalue weighted by molar-refractivity contribution is 5.27. The average Bonchev–Trinajstić information content (AvgIpc) is 2.62. The first-order valence-corrected chi connectivity index (χ1v) is 8.41. The van der Waals surface area contributed by atoms with E-state index in [-0.39, 0.29) is 30.5 Å². The Morgan fingerprint density at radius 1 is 1.04 bits per heavy atom. The number of halogens is 5. The fourth-order valence-electron chi connectivity index (χ4n) is 2.92. The lowest BCUT2D eigenvalue weighted by Crippen LogP contribution is -2.43. The predicted molar refractivity (Wildman–Crippen MR) is 87.9 cm³/mol. The molecule has 1 saturated heterocycles. The third-order valence-electron chi connectivity index (χ3n) is 4.21. The van der Waals surface area contributed by atoms with Crippen molar-refractivity contribution in [1.29, 1.82) is 0 Å². The Kier molecular flexibility index (Phi) is 6.08. The second-order valence-electron chi connectivity index (χ2n) is 6.19. The molecule has 1 aliphatic rings. The first kappa shape index (κ1) is 19.7. The summed E-state index contributed by atoms with van der Waals surface area (Å²) in [5.74, 6) is -1.31. The van der Waals surface area contributed by atoms with Crippen molar-refractivity contribution in [3.63, 3.8) is 0 Å². The predicted octanol–water partition coefficient (Wildman–Crippen LogP) is 4.23. The third-order valence-corrected chi connectivity index (χ3v) is 4.21. The van der Waals surface area contributed by atoms with Gasteiger partial charge in [-0.1, -0.05) is 12.1 Å². The largest absolute Gasteiger partial charge is 0.416 e. The van der Waals surface area contributed by atoms with Crippen molar-refractivity contribution in [3.05, 3.63) is 70.8 Å². The van der Waals surface area contributed by atoms with E-state index in [2.05, 4.69) is 5.32 Å². The van der Waals surface area contributed by atoms with Crippen LogP contribution in [-0.2, 0) is 22.1 Å². The fourth-order valence-corrected chi connectivity index (χ4v) is 2.92. The van der Waals surface area contributed by atoms with Crippen molar-refractivity contribution < 1.29 is 31.4 Å². The Balaban J connectivity index is 1.63. The molecule has 1 aliphatic heterocycles. The third kappa shape index (κ3) is 5.24. The van der Waals surface area contributed by atoms with Gasteiger partial charge in [-0.05, 0) is 47.9 Å². The topological polar surface area (TPSA) is 30.5 Å². The molecule has 2 aromatic rings. The molecule has 0 radical (unpaired) electrons. The van der Waals surface area contributed by atoms with Crippen LogP contribution in [0.5, 0.6) is 0 Å². The highest BCUT2D eigenvalue weighted by Gasteiger charge is 2.31. The lowest BCUT2D eigenvalue weighted by atomic mass is 10.1. The SMILES string of the molecule is Fc1ccc(C2NCCOC2OCCc2cc(F)cc(C(F)(F)F)c2)cc1. The molecule has 0 aliphatic carbocycles. The Bertz CT molecular complexity index is 764. The van der Waals surface area contributed by atoms with E-state index < -0.39 is 23.8 Å².